The summed E-state index contributed by atoms with van der Waals surface area (Å²) < 4.78 is 14.4. The van der Waals surface area contributed by atoms with Crippen molar-refractivity contribution in [1.29, 1.82) is 5.26 Å². The minimum absolute atomic E-state index is 0.183. The molecule has 0 saturated carbocycles. The van der Waals surface area contributed by atoms with Crippen molar-refractivity contribution >= 4 is 50.9 Å². The van der Waals surface area contributed by atoms with E-state index in [0.29, 0.717) is 17.8 Å². The van der Waals surface area contributed by atoms with Crippen LogP contribution in [0.1, 0.15) is 11.1 Å². The number of amides is 2. The quantitative estimate of drug-likeness (QED) is 0.323. The van der Waals surface area contributed by atoms with Gasteiger partial charge >= 0.3 is 0 Å². The lowest BCUT2D eigenvalue weighted by Crippen LogP contribution is -2.30. The summed E-state index contributed by atoms with van der Waals surface area (Å²) >= 11 is 4.51. The van der Waals surface area contributed by atoms with Crippen LogP contribution in [0.4, 0.5) is 15.8 Å². The van der Waals surface area contributed by atoms with E-state index in [9.17, 15) is 19.2 Å². The number of anilines is 2. The minimum atomic E-state index is -0.622. The van der Waals surface area contributed by atoms with Gasteiger partial charge in [-0.2, -0.15) is 5.26 Å². The van der Waals surface area contributed by atoms with Crippen LogP contribution in [0.15, 0.2) is 87.9 Å². The molecule has 8 heteroatoms. The maximum absolute atomic E-state index is 13.5. The van der Waals surface area contributed by atoms with Gasteiger partial charge < -0.3 is 5.32 Å². The summed E-state index contributed by atoms with van der Waals surface area (Å²) in [5, 5.41) is 12.3. The molecule has 1 aliphatic heterocycles. The monoisotopic (exact) mass is 535 g/mol. The molecule has 1 heterocycles. The molecular formula is C26H19BrFN3O2S. The Labute approximate surface area is 209 Å². The molecule has 1 unspecified atom stereocenters. The molecule has 34 heavy (non-hydrogen) atoms. The van der Waals surface area contributed by atoms with Gasteiger partial charge in [0.1, 0.15) is 22.5 Å². The maximum atomic E-state index is 13.5. The zero-order chi connectivity index (χ0) is 24.2. The highest BCUT2D eigenvalue weighted by molar-refractivity contribution is 9.10. The predicted molar refractivity (Wildman–Crippen MR) is 136 cm³/mol. The minimum Gasteiger partial charge on any atom is -0.321 e. The molecule has 5 nitrogen and oxygen atoms in total. The molecule has 170 valence electrons. The van der Waals surface area contributed by atoms with Crippen molar-refractivity contribution in [2.24, 2.45) is 0 Å². The molecule has 0 radical (unpaired) electrons. The Bertz CT molecular complexity index is 1300. The first-order valence-corrected chi connectivity index (χ1v) is 12.1. The van der Waals surface area contributed by atoms with Gasteiger partial charge in [0.25, 0.3) is 5.91 Å². The number of nitriles is 1. The molecule has 1 N–H and O–H groups in total. The molecule has 1 aliphatic rings. The second kappa shape index (κ2) is 10.2. The van der Waals surface area contributed by atoms with Gasteiger partial charge in [-0.3, -0.25) is 14.5 Å². The van der Waals surface area contributed by atoms with Gasteiger partial charge in [0, 0.05) is 15.8 Å². The normalized spacial score (nSPS) is 16.8. The summed E-state index contributed by atoms with van der Waals surface area (Å²) in [5.41, 5.74) is 2.80. The van der Waals surface area contributed by atoms with Crippen molar-refractivity contribution in [2.45, 2.75) is 18.6 Å². The van der Waals surface area contributed by atoms with E-state index < -0.39 is 17.0 Å². The van der Waals surface area contributed by atoms with Gasteiger partial charge in [-0.1, -0.05) is 57.5 Å². The lowest BCUT2D eigenvalue weighted by atomic mass is 10.1. The Kier molecular flexibility index (Phi) is 7.15. The zero-order valence-electron chi connectivity index (χ0n) is 18.1. The highest BCUT2D eigenvalue weighted by Gasteiger charge is 2.40. The summed E-state index contributed by atoms with van der Waals surface area (Å²) in [5.74, 6) is -1.34. The average molecular weight is 536 g/mol. The summed E-state index contributed by atoms with van der Waals surface area (Å²) in [4.78, 5) is 27.8. The topological polar surface area (TPSA) is 73.2 Å². The van der Waals surface area contributed by atoms with E-state index >= 15 is 0 Å². The summed E-state index contributed by atoms with van der Waals surface area (Å²) in [6.07, 6.45) is 0.429. The van der Waals surface area contributed by atoms with Crippen LogP contribution < -0.4 is 10.2 Å². The van der Waals surface area contributed by atoms with E-state index in [-0.39, 0.29) is 16.5 Å². The van der Waals surface area contributed by atoms with E-state index in [1.54, 1.807) is 24.3 Å². The number of thioether (sulfide) groups is 1. The number of hydrogen-bond donors (Lipinski definition) is 1. The number of carbonyl (C=O) groups is 2. The van der Waals surface area contributed by atoms with Crippen molar-refractivity contribution in [1.82, 2.24) is 0 Å². The molecule has 0 aliphatic carbocycles. The number of benzene rings is 3. The van der Waals surface area contributed by atoms with Crippen molar-refractivity contribution in [2.75, 3.05) is 10.2 Å². The van der Waals surface area contributed by atoms with Crippen LogP contribution in [-0.2, 0) is 16.0 Å². The number of rotatable bonds is 5. The molecule has 1 saturated heterocycles. The van der Waals surface area contributed by atoms with Crippen LogP contribution in [0.2, 0.25) is 0 Å². The van der Waals surface area contributed by atoms with Crippen molar-refractivity contribution < 1.29 is 14.0 Å². The third-order valence-electron chi connectivity index (χ3n) is 5.23. The smallest absolute Gasteiger partial charge is 0.269 e. The van der Waals surface area contributed by atoms with Gasteiger partial charge in [0.15, 0.2) is 0 Å². The fraction of sp³-hybridized carbons (Fsp3) is 0.115. The molecule has 0 aromatic heterocycles. The molecule has 0 bridgehead atoms. The van der Waals surface area contributed by atoms with Crippen molar-refractivity contribution in [3.8, 4) is 6.07 Å². The number of hydrogen-bond acceptors (Lipinski definition) is 4. The third-order valence-corrected chi connectivity index (χ3v) is 7.03. The molecule has 1 atom stereocenters. The van der Waals surface area contributed by atoms with E-state index in [4.69, 9.17) is 0 Å². The Hall–Kier alpha value is -3.41. The number of nitrogens with zero attached hydrogens (tertiary/aromatic N) is 2. The van der Waals surface area contributed by atoms with Crippen LogP contribution in [0.5, 0.6) is 0 Å². The van der Waals surface area contributed by atoms with Gasteiger partial charge in [-0.15, -0.1) is 0 Å². The van der Waals surface area contributed by atoms with Gasteiger partial charge in [0.05, 0.1) is 5.25 Å². The van der Waals surface area contributed by atoms with Crippen LogP contribution in [0.3, 0.4) is 0 Å². The SMILES string of the molecule is Cc1ccc(CC2S/C(=C(/C#N)C(=O)Nc3ccc(Br)cc3)N(c3ccc(F)cc3)C2=O)cc1. The number of nitrogens with one attached hydrogen (secondary N) is 1. The number of aryl methyl sites for hydroxylation is 1. The summed E-state index contributed by atoms with van der Waals surface area (Å²) in [6.45, 7) is 1.99. The maximum Gasteiger partial charge on any atom is 0.269 e. The summed E-state index contributed by atoms with van der Waals surface area (Å²) in [7, 11) is 0. The van der Waals surface area contributed by atoms with Crippen LogP contribution in [0, 0.1) is 24.1 Å². The lowest BCUT2D eigenvalue weighted by Gasteiger charge is -2.18. The number of halogens is 2. The van der Waals surface area contributed by atoms with Crippen LogP contribution in [-0.4, -0.2) is 17.1 Å². The standard InChI is InChI=1S/C26H19BrFN3O2S/c1-16-2-4-17(5-3-16)14-23-25(33)31(21-12-8-19(28)9-13-21)26(34-23)22(15-29)24(32)30-20-10-6-18(27)7-11-20/h2-13,23H,14H2,1H3,(H,30,32)/b26-22-. The van der Waals surface area contributed by atoms with Crippen molar-refractivity contribution in [3.05, 3.63) is 105 Å². The first kappa shape index (κ1) is 23.7. The van der Waals surface area contributed by atoms with Crippen LogP contribution >= 0.6 is 27.7 Å². The fourth-order valence-electron chi connectivity index (χ4n) is 3.48. The fourth-order valence-corrected chi connectivity index (χ4v) is 5.05. The van der Waals surface area contributed by atoms with Crippen LogP contribution in [0.25, 0.3) is 0 Å². The molecular weight excluding hydrogens is 517 g/mol. The Morgan fingerprint density at radius 1 is 1.09 bits per heavy atom. The Morgan fingerprint density at radius 3 is 2.35 bits per heavy atom. The highest BCUT2D eigenvalue weighted by atomic mass is 79.9. The first-order valence-electron chi connectivity index (χ1n) is 10.4. The largest absolute Gasteiger partial charge is 0.321 e. The summed E-state index contributed by atoms with van der Waals surface area (Å²) in [6, 6.07) is 22.2. The Morgan fingerprint density at radius 2 is 1.74 bits per heavy atom. The second-order valence-electron chi connectivity index (χ2n) is 7.70. The van der Waals surface area contributed by atoms with Gasteiger partial charge in [-0.05, 0) is 67.4 Å². The van der Waals surface area contributed by atoms with Gasteiger partial charge in [-0.25, -0.2) is 4.39 Å². The van der Waals surface area contributed by atoms with E-state index in [2.05, 4.69) is 21.2 Å². The number of carbonyl (C=O) groups excluding carboxylic acids is 2. The Balaban J connectivity index is 1.71. The molecule has 3 aromatic carbocycles. The molecule has 1 fully saturated rings. The van der Waals surface area contributed by atoms with E-state index in [1.807, 2.05) is 37.3 Å². The lowest BCUT2D eigenvalue weighted by molar-refractivity contribution is -0.117. The highest BCUT2D eigenvalue weighted by Crippen LogP contribution is 2.42. The van der Waals surface area contributed by atoms with Crippen molar-refractivity contribution in [3.63, 3.8) is 0 Å². The third kappa shape index (κ3) is 5.22. The molecule has 3 aromatic rings. The molecule has 0 spiro atoms. The van der Waals surface area contributed by atoms with Gasteiger partial charge in [0.2, 0.25) is 5.91 Å². The predicted octanol–water partition coefficient (Wildman–Crippen LogP) is 5.96. The van der Waals surface area contributed by atoms with E-state index in [0.717, 1.165) is 15.6 Å². The first-order chi connectivity index (χ1) is 16.4. The second-order valence-corrected chi connectivity index (χ2v) is 9.81. The molecule has 4 rings (SSSR count). The molecule has 2 amide bonds. The zero-order valence-corrected chi connectivity index (χ0v) is 20.5. The average Bonchev–Trinajstić information content (AvgIpc) is 3.13. The van der Waals surface area contributed by atoms with E-state index in [1.165, 1.54) is 40.9 Å².